The lowest BCUT2D eigenvalue weighted by Crippen LogP contribution is -2.52. The zero-order chi connectivity index (χ0) is 30.5. The number of halogens is 5. The van der Waals surface area contributed by atoms with Crippen LogP contribution in [0.3, 0.4) is 0 Å². The summed E-state index contributed by atoms with van der Waals surface area (Å²) in [6.45, 7) is 1.40. The maximum atomic E-state index is 14.5. The summed E-state index contributed by atoms with van der Waals surface area (Å²) in [6.07, 6.45) is -2.14. The molecule has 13 heteroatoms. The van der Waals surface area contributed by atoms with Gasteiger partial charge in [-0.3, -0.25) is 9.59 Å². The van der Waals surface area contributed by atoms with Crippen molar-refractivity contribution in [2.45, 2.75) is 44.4 Å². The maximum absolute atomic E-state index is 14.5. The van der Waals surface area contributed by atoms with Gasteiger partial charge in [0.2, 0.25) is 0 Å². The smallest absolute Gasteiger partial charge is 0.368 e. The van der Waals surface area contributed by atoms with Crippen LogP contribution in [0.15, 0.2) is 47.3 Å². The number of alkyl halides is 3. The van der Waals surface area contributed by atoms with Crippen LogP contribution in [0.4, 0.5) is 44.7 Å². The molecule has 7 rings (SSSR count). The number of hydrogen-bond acceptors (Lipinski definition) is 6. The van der Waals surface area contributed by atoms with Crippen LogP contribution in [0.5, 0.6) is 0 Å². The maximum Gasteiger partial charge on any atom is 0.398 e. The fourth-order valence-electron chi connectivity index (χ4n) is 6.98. The number of aromatic nitrogens is 2. The van der Waals surface area contributed by atoms with Gasteiger partial charge in [0.15, 0.2) is 11.6 Å². The highest BCUT2D eigenvalue weighted by molar-refractivity contribution is 6.07. The first-order valence-corrected chi connectivity index (χ1v) is 14.2. The van der Waals surface area contributed by atoms with Crippen LogP contribution < -0.4 is 25.6 Å². The summed E-state index contributed by atoms with van der Waals surface area (Å²) in [7, 11) is 3.33. The molecule has 1 saturated heterocycles. The van der Waals surface area contributed by atoms with E-state index in [0.717, 1.165) is 49.6 Å². The summed E-state index contributed by atoms with van der Waals surface area (Å²) in [5.41, 5.74) is -1.25. The Bertz CT molecular complexity index is 1690. The normalized spacial score (nSPS) is 21.4. The molecule has 1 aromatic heterocycles. The van der Waals surface area contributed by atoms with E-state index in [0.29, 0.717) is 40.5 Å². The topological polar surface area (TPSA) is 73.7 Å². The summed E-state index contributed by atoms with van der Waals surface area (Å²) in [5.74, 6) is -2.79. The van der Waals surface area contributed by atoms with E-state index in [-0.39, 0.29) is 24.0 Å². The van der Waals surface area contributed by atoms with Crippen LogP contribution in [-0.2, 0) is 0 Å². The van der Waals surface area contributed by atoms with Gasteiger partial charge in [0.05, 0.1) is 22.7 Å². The second kappa shape index (κ2) is 9.17. The van der Waals surface area contributed by atoms with E-state index < -0.39 is 46.5 Å². The summed E-state index contributed by atoms with van der Waals surface area (Å²) in [5, 5.41) is 6.78. The van der Waals surface area contributed by atoms with Crippen LogP contribution in [0.2, 0.25) is 0 Å². The Balaban J connectivity index is 1.28. The van der Waals surface area contributed by atoms with Crippen molar-refractivity contribution in [3.8, 4) is 5.69 Å². The molecule has 43 heavy (non-hydrogen) atoms. The highest BCUT2D eigenvalue weighted by Crippen LogP contribution is 2.65. The number of amides is 1. The molecule has 1 spiro atoms. The number of para-hydroxylation sites is 1. The zero-order valence-electron chi connectivity index (χ0n) is 23.5. The minimum atomic E-state index is -4.38. The molecule has 1 unspecified atom stereocenters. The lowest BCUT2D eigenvalue weighted by Gasteiger charge is -2.37. The minimum absolute atomic E-state index is 0.0412. The molecule has 2 aliphatic carbocycles. The van der Waals surface area contributed by atoms with Gasteiger partial charge in [-0.15, -0.1) is 0 Å². The van der Waals surface area contributed by atoms with Gasteiger partial charge in [-0.05, 0) is 67.9 Å². The molecule has 1 atom stereocenters. The summed E-state index contributed by atoms with van der Waals surface area (Å²) < 4.78 is 72.3. The number of carbonyl (C=O) groups is 1. The van der Waals surface area contributed by atoms with E-state index in [1.54, 1.807) is 36.0 Å². The van der Waals surface area contributed by atoms with Gasteiger partial charge in [-0.25, -0.2) is 8.78 Å². The van der Waals surface area contributed by atoms with Crippen LogP contribution >= 0.6 is 0 Å². The van der Waals surface area contributed by atoms with E-state index in [2.05, 4.69) is 15.3 Å². The molecule has 2 aliphatic heterocycles. The molecule has 8 nitrogen and oxygen atoms in total. The Labute approximate surface area is 243 Å². The van der Waals surface area contributed by atoms with Crippen molar-refractivity contribution < 1.29 is 26.7 Å². The highest BCUT2D eigenvalue weighted by Gasteiger charge is 2.70. The molecule has 3 fully saturated rings. The van der Waals surface area contributed by atoms with Gasteiger partial charge in [0.25, 0.3) is 11.5 Å². The molecule has 3 heterocycles. The molecule has 2 saturated carbocycles. The Kier molecular flexibility index (Phi) is 5.90. The van der Waals surface area contributed by atoms with Gasteiger partial charge < -0.3 is 20.0 Å². The third kappa shape index (κ3) is 4.18. The van der Waals surface area contributed by atoms with Crippen molar-refractivity contribution in [2.75, 3.05) is 47.2 Å². The van der Waals surface area contributed by atoms with Crippen molar-refractivity contribution in [2.24, 2.45) is 10.8 Å². The van der Waals surface area contributed by atoms with E-state index >= 15 is 0 Å². The average Bonchev–Trinajstić information content (AvgIpc) is 3.84. The molecule has 4 aliphatic rings. The molecule has 1 N–H and O–H groups in total. The fourth-order valence-corrected chi connectivity index (χ4v) is 6.98. The lowest BCUT2D eigenvalue weighted by molar-refractivity contribution is -0.192. The molecule has 3 aromatic rings. The van der Waals surface area contributed by atoms with E-state index in [1.807, 2.05) is 0 Å². The minimum Gasteiger partial charge on any atom is -0.368 e. The van der Waals surface area contributed by atoms with Crippen LogP contribution in [0, 0.1) is 22.5 Å². The monoisotopic (exact) mass is 600 g/mol. The van der Waals surface area contributed by atoms with Crippen molar-refractivity contribution in [1.29, 1.82) is 0 Å². The zero-order valence-corrected chi connectivity index (χ0v) is 23.5. The second-order valence-corrected chi connectivity index (χ2v) is 12.2. The third-order valence-corrected chi connectivity index (χ3v) is 9.59. The van der Waals surface area contributed by atoms with Crippen molar-refractivity contribution in [3.05, 3.63) is 70.1 Å². The average molecular weight is 601 g/mol. The van der Waals surface area contributed by atoms with Crippen LogP contribution in [-0.4, -0.2) is 55.2 Å². The Morgan fingerprint density at radius 1 is 0.907 bits per heavy atom. The Hall–Kier alpha value is -4.16. The lowest BCUT2D eigenvalue weighted by atomic mass is 10.0. The standard InChI is InChI=1S/C30H29F5N6O2/c1-38-21-8-6-19(36-26(43)20-7-9-22(42)41(37-20)23-17(31)4-3-5-18(23)32)24(40-15-14-28(16-40)10-11-28)25(21)39(2)27(38)29(12-13-29)30(33,34)35/h3-9,27H,10-16H2,1-2H3,(H,36,43). The molecular weight excluding hydrogens is 571 g/mol. The van der Waals surface area contributed by atoms with Crippen molar-refractivity contribution in [1.82, 2.24) is 9.78 Å². The SMILES string of the molecule is CN1c2ccc(NC(=O)c3ccc(=O)n(-c4c(F)cccc4F)n3)c(N3CCC4(CC4)C3)c2N(C)C1C1(C(F)(F)F)CC1. The van der Waals surface area contributed by atoms with Crippen molar-refractivity contribution >= 4 is 28.7 Å². The molecule has 1 amide bonds. The summed E-state index contributed by atoms with van der Waals surface area (Å²) >= 11 is 0. The van der Waals surface area contributed by atoms with E-state index in [1.165, 1.54) is 0 Å². The molecule has 0 bridgehead atoms. The number of carbonyl (C=O) groups excluding carboxylic acids is 1. The molecular formula is C30H29F5N6O2. The first kappa shape index (κ1) is 27.7. The number of hydrogen-bond donors (Lipinski definition) is 1. The van der Waals surface area contributed by atoms with Crippen LogP contribution in [0.1, 0.15) is 42.6 Å². The number of benzene rings is 2. The Morgan fingerprint density at radius 2 is 1.60 bits per heavy atom. The largest absolute Gasteiger partial charge is 0.398 e. The Morgan fingerprint density at radius 3 is 2.21 bits per heavy atom. The molecule has 226 valence electrons. The van der Waals surface area contributed by atoms with Crippen molar-refractivity contribution in [3.63, 3.8) is 0 Å². The van der Waals surface area contributed by atoms with Crippen LogP contribution in [0.25, 0.3) is 5.69 Å². The fraction of sp³-hybridized carbons (Fsp3) is 0.433. The van der Waals surface area contributed by atoms with E-state index in [9.17, 15) is 31.5 Å². The molecule has 2 aromatic carbocycles. The summed E-state index contributed by atoms with van der Waals surface area (Å²) in [4.78, 5) is 31.5. The first-order valence-electron chi connectivity index (χ1n) is 14.2. The number of anilines is 4. The number of nitrogens with zero attached hydrogens (tertiary/aromatic N) is 5. The predicted molar refractivity (Wildman–Crippen MR) is 151 cm³/mol. The first-order chi connectivity index (χ1) is 20.4. The van der Waals surface area contributed by atoms with Gasteiger partial charge in [0, 0.05) is 33.3 Å². The van der Waals surface area contributed by atoms with Gasteiger partial charge >= 0.3 is 6.18 Å². The van der Waals surface area contributed by atoms with Gasteiger partial charge in [0.1, 0.15) is 23.0 Å². The number of fused-ring (bicyclic) bond motifs is 1. The van der Waals surface area contributed by atoms with E-state index in [4.69, 9.17) is 0 Å². The number of rotatable bonds is 5. The summed E-state index contributed by atoms with van der Waals surface area (Å²) in [6, 6.07) is 8.61. The van der Waals surface area contributed by atoms with Gasteiger partial charge in [-0.1, -0.05) is 6.07 Å². The second-order valence-electron chi connectivity index (χ2n) is 12.2. The predicted octanol–water partition coefficient (Wildman–Crippen LogP) is 5.31. The third-order valence-electron chi connectivity index (χ3n) is 9.59. The van der Waals surface area contributed by atoms with Gasteiger partial charge in [-0.2, -0.15) is 23.0 Å². The highest BCUT2D eigenvalue weighted by atomic mass is 19.4. The quantitative estimate of drug-likeness (QED) is 0.401. The molecule has 0 radical (unpaired) electrons. The number of nitrogens with one attached hydrogen (secondary N) is 1.